The van der Waals surface area contributed by atoms with Crippen molar-refractivity contribution in [1.29, 1.82) is 0 Å². The van der Waals surface area contributed by atoms with Crippen LogP contribution in [0.3, 0.4) is 0 Å². The molecule has 2 rings (SSSR count). The molecule has 0 aromatic heterocycles. The Kier molecular flexibility index (Phi) is 3.27. The summed E-state index contributed by atoms with van der Waals surface area (Å²) in [5.41, 5.74) is 0. The molecule has 4 unspecified atom stereocenters. The Bertz CT molecular complexity index is 209. The minimum atomic E-state index is 0.365. The first kappa shape index (κ1) is 10.2. The first-order valence-corrected chi connectivity index (χ1v) is 6.12. The summed E-state index contributed by atoms with van der Waals surface area (Å²) in [6, 6.07) is 0. The highest BCUT2D eigenvalue weighted by atomic mass is 16.2. The molecule has 0 bridgehead atoms. The lowest BCUT2D eigenvalue weighted by molar-refractivity contribution is 0.188. The molecule has 1 heteroatoms. The monoisotopic (exact) mass is 194 g/mol. The van der Waals surface area contributed by atoms with Crippen LogP contribution in [0.15, 0.2) is 12.2 Å². The molecule has 1 fully saturated rings. The molecule has 0 heterocycles. The second kappa shape index (κ2) is 4.48. The van der Waals surface area contributed by atoms with E-state index in [1.54, 1.807) is 0 Å². The van der Waals surface area contributed by atoms with Crippen molar-refractivity contribution in [2.45, 2.75) is 39.0 Å². The minimum absolute atomic E-state index is 0.365. The summed E-state index contributed by atoms with van der Waals surface area (Å²) >= 11 is 0. The second-order valence-electron chi connectivity index (χ2n) is 5.03. The predicted octanol–water partition coefficient (Wildman–Crippen LogP) is 3.00. The zero-order chi connectivity index (χ0) is 9.97. The Morgan fingerprint density at radius 3 is 2.93 bits per heavy atom. The summed E-state index contributed by atoms with van der Waals surface area (Å²) in [4.78, 5) is 0. The van der Waals surface area contributed by atoms with Gasteiger partial charge in [0, 0.05) is 6.61 Å². The Morgan fingerprint density at radius 1 is 1.29 bits per heavy atom. The number of fused-ring (bicyclic) bond motifs is 1. The van der Waals surface area contributed by atoms with Crippen molar-refractivity contribution >= 4 is 0 Å². The number of rotatable bonds is 3. The third-order valence-electron chi connectivity index (χ3n) is 4.21. The largest absolute Gasteiger partial charge is 0.396 e. The number of aliphatic hydroxyl groups excluding tert-OH is 1. The lowest BCUT2D eigenvalue weighted by Crippen LogP contribution is -2.27. The van der Waals surface area contributed by atoms with Crippen LogP contribution in [0.2, 0.25) is 0 Å². The summed E-state index contributed by atoms with van der Waals surface area (Å²) < 4.78 is 0. The molecular weight excluding hydrogens is 172 g/mol. The molecule has 2 aliphatic carbocycles. The number of hydrogen-bond donors (Lipinski definition) is 1. The van der Waals surface area contributed by atoms with Gasteiger partial charge in [0.15, 0.2) is 0 Å². The van der Waals surface area contributed by atoms with E-state index in [0.29, 0.717) is 6.61 Å². The lowest BCUT2D eigenvalue weighted by Gasteiger charge is -2.34. The van der Waals surface area contributed by atoms with Gasteiger partial charge in [0.25, 0.3) is 0 Å². The molecule has 0 aliphatic heterocycles. The van der Waals surface area contributed by atoms with E-state index in [4.69, 9.17) is 5.11 Å². The van der Waals surface area contributed by atoms with E-state index in [1.807, 2.05) is 0 Å². The molecule has 0 spiro atoms. The van der Waals surface area contributed by atoms with Crippen molar-refractivity contribution in [2.24, 2.45) is 23.7 Å². The minimum Gasteiger partial charge on any atom is -0.396 e. The van der Waals surface area contributed by atoms with Gasteiger partial charge in [-0.2, -0.15) is 0 Å². The van der Waals surface area contributed by atoms with Crippen LogP contribution in [0.25, 0.3) is 0 Å². The number of hydrogen-bond acceptors (Lipinski definition) is 1. The molecule has 0 amide bonds. The Morgan fingerprint density at radius 2 is 2.14 bits per heavy atom. The van der Waals surface area contributed by atoms with Gasteiger partial charge >= 0.3 is 0 Å². The summed E-state index contributed by atoms with van der Waals surface area (Å²) in [5, 5.41) is 8.91. The fraction of sp³-hybridized carbons (Fsp3) is 0.846. The van der Waals surface area contributed by atoms with Gasteiger partial charge in [0.2, 0.25) is 0 Å². The fourth-order valence-corrected chi connectivity index (χ4v) is 3.44. The molecule has 0 radical (unpaired) electrons. The smallest absolute Gasteiger partial charge is 0.0431 e. The molecule has 14 heavy (non-hydrogen) atoms. The molecule has 0 aromatic rings. The first-order valence-electron chi connectivity index (χ1n) is 6.12. The molecule has 80 valence electrons. The Balaban J connectivity index is 2.01. The maximum Gasteiger partial charge on any atom is 0.0431 e. The van der Waals surface area contributed by atoms with Gasteiger partial charge in [-0.15, -0.1) is 0 Å². The van der Waals surface area contributed by atoms with Crippen LogP contribution in [0, 0.1) is 23.7 Å². The van der Waals surface area contributed by atoms with Crippen molar-refractivity contribution in [1.82, 2.24) is 0 Å². The molecule has 1 nitrogen and oxygen atoms in total. The predicted molar refractivity (Wildman–Crippen MR) is 58.9 cm³/mol. The van der Waals surface area contributed by atoms with Gasteiger partial charge in [0.05, 0.1) is 0 Å². The summed E-state index contributed by atoms with van der Waals surface area (Å²) in [6.07, 6.45) is 11.3. The summed E-state index contributed by atoms with van der Waals surface area (Å²) in [5.74, 6) is 3.39. The van der Waals surface area contributed by atoms with E-state index in [9.17, 15) is 0 Å². The molecule has 1 saturated carbocycles. The standard InChI is InChI=1S/C13H22O/c1-10-7-8-11-4-2-5-13(11)12(10)6-3-9-14/h7-8,10-14H,2-6,9H2,1H3. The van der Waals surface area contributed by atoms with Crippen molar-refractivity contribution in [3.05, 3.63) is 12.2 Å². The quantitative estimate of drug-likeness (QED) is 0.685. The van der Waals surface area contributed by atoms with Gasteiger partial charge in [-0.3, -0.25) is 0 Å². The van der Waals surface area contributed by atoms with Crippen molar-refractivity contribution < 1.29 is 5.11 Å². The highest BCUT2D eigenvalue weighted by Gasteiger charge is 2.36. The third-order valence-corrected chi connectivity index (χ3v) is 4.21. The molecular formula is C13H22O. The molecule has 4 atom stereocenters. The molecule has 2 aliphatic rings. The highest BCUT2D eigenvalue weighted by molar-refractivity contribution is 5.05. The van der Waals surface area contributed by atoms with Crippen molar-refractivity contribution in [3.63, 3.8) is 0 Å². The average molecular weight is 194 g/mol. The third kappa shape index (κ3) is 1.88. The van der Waals surface area contributed by atoms with Crippen LogP contribution in [-0.4, -0.2) is 11.7 Å². The average Bonchev–Trinajstić information content (AvgIpc) is 2.64. The van der Waals surface area contributed by atoms with Crippen LogP contribution in [-0.2, 0) is 0 Å². The zero-order valence-electron chi connectivity index (χ0n) is 9.15. The Hall–Kier alpha value is -0.300. The highest BCUT2D eigenvalue weighted by Crippen LogP contribution is 2.45. The molecule has 0 saturated heterocycles. The number of allylic oxidation sites excluding steroid dienone is 2. The lowest BCUT2D eigenvalue weighted by atomic mass is 9.71. The SMILES string of the molecule is CC1C=CC2CCCC2C1CCCO. The van der Waals surface area contributed by atoms with Crippen LogP contribution in [0.5, 0.6) is 0 Å². The number of aliphatic hydroxyl groups is 1. The van der Waals surface area contributed by atoms with E-state index in [1.165, 1.54) is 25.7 Å². The second-order valence-corrected chi connectivity index (χ2v) is 5.03. The van der Waals surface area contributed by atoms with E-state index in [2.05, 4.69) is 19.1 Å². The van der Waals surface area contributed by atoms with Crippen LogP contribution in [0.4, 0.5) is 0 Å². The summed E-state index contributed by atoms with van der Waals surface area (Å²) in [7, 11) is 0. The van der Waals surface area contributed by atoms with Gasteiger partial charge < -0.3 is 5.11 Å². The van der Waals surface area contributed by atoms with E-state index in [0.717, 1.165) is 30.1 Å². The maximum atomic E-state index is 8.91. The van der Waals surface area contributed by atoms with Crippen LogP contribution < -0.4 is 0 Å². The van der Waals surface area contributed by atoms with E-state index in [-0.39, 0.29) is 0 Å². The topological polar surface area (TPSA) is 20.2 Å². The van der Waals surface area contributed by atoms with Crippen LogP contribution >= 0.6 is 0 Å². The summed E-state index contributed by atoms with van der Waals surface area (Å²) in [6.45, 7) is 2.71. The van der Waals surface area contributed by atoms with Gasteiger partial charge in [-0.25, -0.2) is 0 Å². The molecule has 0 aromatic carbocycles. The molecule has 1 N–H and O–H groups in total. The van der Waals surface area contributed by atoms with Gasteiger partial charge in [0.1, 0.15) is 0 Å². The van der Waals surface area contributed by atoms with E-state index < -0.39 is 0 Å². The van der Waals surface area contributed by atoms with Crippen LogP contribution in [0.1, 0.15) is 39.0 Å². The maximum absolute atomic E-state index is 8.91. The van der Waals surface area contributed by atoms with Gasteiger partial charge in [-0.1, -0.05) is 25.5 Å². The fourth-order valence-electron chi connectivity index (χ4n) is 3.44. The van der Waals surface area contributed by atoms with E-state index >= 15 is 0 Å². The normalized spacial score (nSPS) is 41.3. The zero-order valence-corrected chi connectivity index (χ0v) is 9.15. The Labute approximate surface area is 87.2 Å². The first-order chi connectivity index (χ1) is 6.83. The van der Waals surface area contributed by atoms with Crippen molar-refractivity contribution in [3.8, 4) is 0 Å². The van der Waals surface area contributed by atoms with Crippen molar-refractivity contribution in [2.75, 3.05) is 6.61 Å². The van der Waals surface area contributed by atoms with Gasteiger partial charge in [-0.05, 0) is 49.4 Å².